The van der Waals surface area contributed by atoms with Crippen LogP contribution >= 0.6 is 0 Å². The zero-order chi connectivity index (χ0) is 11.3. The third-order valence-corrected chi connectivity index (χ3v) is 2.94. The highest BCUT2D eigenvalue weighted by molar-refractivity contribution is 5.12. The largest absolute Gasteiger partial charge is 0.378 e. The average molecular weight is 210 g/mol. The lowest BCUT2D eigenvalue weighted by Gasteiger charge is -2.30. The summed E-state index contributed by atoms with van der Waals surface area (Å²) in [7, 11) is 2.14. The molecule has 1 N–H and O–H groups in total. The van der Waals surface area contributed by atoms with E-state index in [4.69, 9.17) is 0 Å². The first-order valence-electron chi connectivity index (χ1n) is 5.67. The number of piperazine rings is 1. The topological polar surface area (TPSA) is 26.7 Å². The monoisotopic (exact) mass is 210 g/mol. The van der Waals surface area contributed by atoms with Gasteiger partial charge >= 0.3 is 0 Å². The molecule has 0 spiro atoms. The summed E-state index contributed by atoms with van der Waals surface area (Å²) in [6.45, 7) is 8.90. The second-order valence-corrected chi connectivity index (χ2v) is 4.51. The molecule has 1 aliphatic rings. The summed E-state index contributed by atoms with van der Waals surface area (Å²) in [5.74, 6) is 5.99. The van der Waals surface area contributed by atoms with Crippen molar-refractivity contribution in [2.45, 2.75) is 25.9 Å². The van der Waals surface area contributed by atoms with Gasteiger partial charge in [0.25, 0.3) is 0 Å². The molecular formula is C12H22N2O. The van der Waals surface area contributed by atoms with Crippen LogP contribution in [0.3, 0.4) is 0 Å². The fourth-order valence-corrected chi connectivity index (χ4v) is 1.44. The Balaban J connectivity index is 2.31. The number of rotatable bonds is 2. The molecule has 1 atom stereocenters. The van der Waals surface area contributed by atoms with Crippen molar-refractivity contribution in [1.82, 2.24) is 9.80 Å². The summed E-state index contributed by atoms with van der Waals surface area (Å²) in [4.78, 5) is 4.66. The van der Waals surface area contributed by atoms with Crippen LogP contribution in [-0.2, 0) is 0 Å². The second kappa shape index (κ2) is 5.50. The van der Waals surface area contributed by atoms with Crippen molar-refractivity contribution < 1.29 is 5.11 Å². The van der Waals surface area contributed by atoms with Crippen molar-refractivity contribution in [3.05, 3.63) is 0 Å². The van der Waals surface area contributed by atoms with E-state index in [-0.39, 0.29) is 0 Å². The highest BCUT2D eigenvalue weighted by Crippen LogP contribution is 2.05. The van der Waals surface area contributed by atoms with E-state index in [2.05, 4.69) is 28.7 Å². The van der Waals surface area contributed by atoms with E-state index in [0.717, 1.165) is 32.7 Å². The summed E-state index contributed by atoms with van der Waals surface area (Å²) in [5, 5.41) is 9.69. The minimum atomic E-state index is -0.813. The van der Waals surface area contributed by atoms with E-state index in [1.807, 2.05) is 6.92 Å². The molecule has 3 nitrogen and oxygen atoms in total. The first kappa shape index (κ1) is 12.5. The number of hydrogen-bond donors (Lipinski definition) is 1. The lowest BCUT2D eigenvalue weighted by atomic mass is 10.1. The molecule has 1 rings (SSSR count). The van der Waals surface area contributed by atoms with E-state index < -0.39 is 5.60 Å². The molecule has 0 aliphatic carbocycles. The van der Waals surface area contributed by atoms with Gasteiger partial charge in [-0.2, -0.15) is 0 Å². The number of hydrogen-bond acceptors (Lipinski definition) is 3. The van der Waals surface area contributed by atoms with Gasteiger partial charge in [-0.05, 0) is 20.4 Å². The Morgan fingerprint density at radius 1 is 1.27 bits per heavy atom. The van der Waals surface area contributed by atoms with Gasteiger partial charge in [0.1, 0.15) is 5.60 Å². The number of likely N-dealkylation sites (N-methyl/N-ethyl adjacent to an activating group) is 1. The van der Waals surface area contributed by atoms with Gasteiger partial charge in [-0.1, -0.05) is 18.8 Å². The van der Waals surface area contributed by atoms with Crippen LogP contribution in [0.25, 0.3) is 0 Å². The van der Waals surface area contributed by atoms with Crippen molar-refractivity contribution in [1.29, 1.82) is 0 Å². The van der Waals surface area contributed by atoms with Crippen molar-refractivity contribution in [2.24, 2.45) is 0 Å². The first-order chi connectivity index (χ1) is 7.03. The summed E-state index contributed by atoms with van der Waals surface area (Å²) in [5.41, 5.74) is -0.813. The predicted octanol–water partition coefficient (Wildman–Crippen LogP) is 0.398. The Hall–Kier alpha value is -0.560. The Morgan fingerprint density at radius 3 is 2.40 bits per heavy atom. The van der Waals surface area contributed by atoms with Gasteiger partial charge in [0.15, 0.2) is 0 Å². The summed E-state index contributed by atoms with van der Waals surface area (Å²) in [6, 6.07) is 0. The van der Waals surface area contributed by atoms with E-state index >= 15 is 0 Å². The number of aliphatic hydroxyl groups is 1. The molecule has 3 heteroatoms. The summed E-state index contributed by atoms with van der Waals surface area (Å²) < 4.78 is 0. The smallest absolute Gasteiger partial charge is 0.122 e. The van der Waals surface area contributed by atoms with Gasteiger partial charge in [0, 0.05) is 26.2 Å². The Morgan fingerprint density at radius 2 is 1.87 bits per heavy atom. The molecule has 0 amide bonds. The first-order valence-corrected chi connectivity index (χ1v) is 5.67. The molecule has 0 saturated carbocycles. The van der Waals surface area contributed by atoms with E-state index in [9.17, 15) is 5.11 Å². The SMILES string of the molecule is CCC(C)(O)C#CCN1CCN(C)CC1. The van der Waals surface area contributed by atoms with Gasteiger partial charge in [-0.15, -0.1) is 0 Å². The van der Waals surface area contributed by atoms with Crippen LogP contribution in [-0.4, -0.2) is 60.3 Å². The van der Waals surface area contributed by atoms with Crippen molar-refractivity contribution in [3.8, 4) is 11.8 Å². The van der Waals surface area contributed by atoms with E-state index in [1.54, 1.807) is 6.92 Å². The Labute approximate surface area is 93.1 Å². The molecule has 1 heterocycles. The van der Waals surface area contributed by atoms with Gasteiger partial charge in [0.2, 0.25) is 0 Å². The third kappa shape index (κ3) is 4.65. The Bertz CT molecular complexity index is 244. The Kier molecular flexibility index (Phi) is 4.59. The van der Waals surface area contributed by atoms with Crippen LogP contribution in [0.2, 0.25) is 0 Å². The molecule has 0 aromatic carbocycles. The number of nitrogens with zero attached hydrogens (tertiary/aromatic N) is 2. The van der Waals surface area contributed by atoms with E-state index in [1.165, 1.54) is 0 Å². The minimum absolute atomic E-state index is 0.683. The van der Waals surface area contributed by atoms with Crippen LogP contribution in [0.1, 0.15) is 20.3 Å². The molecule has 1 unspecified atom stereocenters. The molecule has 15 heavy (non-hydrogen) atoms. The quantitative estimate of drug-likeness (QED) is 0.668. The van der Waals surface area contributed by atoms with Gasteiger partial charge in [0.05, 0.1) is 6.54 Å². The lowest BCUT2D eigenvalue weighted by molar-refractivity contribution is 0.117. The van der Waals surface area contributed by atoms with Crippen LogP contribution < -0.4 is 0 Å². The van der Waals surface area contributed by atoms with Crippen LogP contribution in [0.15, 0.2) is 0 Å². The van der Waals surface area contributed by atoms with Crippen molar-refractivity contribution in [3.63, 3.8) is 0 Å². The molecule has 1 fully saturated rings. The molecule has 1 aliphatic heterocycles. The maximum atomic E-state index is 9.69. The fourth-order valence-electron chi connectivity index (χ4n) is 1.44. The molecule has 0 aromatic heterocycles. The van der Waals surface area contributed by atoms with Crippen LogP contribution in [0.5, 0.6) is 0 Å². The molecule has 0 radical (unpaired) electrons. The van der Waals surface area contributed by atoms with Gasteiger partial charge in [-0.25, -0.2) is 0 Å². The highest BCUT2D eigenvalue weighted by Gasteiger charge is 2.14. The molecular weight excluding hydrogens is 188 g/mol. The zero-order valence-corrected chi connectivity index (χ0v) is 10.1. The van der Waals surface area contributed by atoms with Crippen molar-refractivity contribution in [2.75, 3.05) is 39.8 Å². The van der Waals surface area contributed by atoms with Gasteiger partial charge < -0.3 is 10.0 Å². The standard InChI is InChI=1S/C12H22N2O/c1-4-12(2,15)6-5-7-14-10-8-13(3)9-11-14/h15H,4,7-11H2,1-3H3. The lowest BCUT2D eigenvalue weighted by Crippen LogP contribution is -2.44. The maximum Gasteiger partial charge on any atom is 0.122 e. The van der Waals surface area contributed by atoms with Crippen LogP contribution in [0, 0.1) is 11.8 Å². The minimum Gasteiger partial charge on any atom is -0.378 e. The third-order valence-electron chi connectivity index (χ3n) is 2.94. The second-order valence-electron chi connectivity index (χ2n) is 4.51. The van der Waals surface area contributed by atoms with Gasteiger partial charge in [-0.3, -0.25) is 4.90 Å². The average Bonchev–Trinajstić information content (AvgIpc) is 2.21. The van der Waals surface area contributed by atoms with Crippen LogP contribution in [0.4, 0.5) is 0 Å². The van der Waals surface area contributed by atoms with Crippen molar-refractivity contribution >= 4 is 0 Å². The maximum absolute atomic E-state index is 9.69. The zero-order valence-electron chi connectivity index (χ0n) is 10.1. The predicted molar refractivity (Wildman–Crippen MR) is 62.6 cm³/mol. The highest BCUT2D eigenvalue weighted by atomic mass is 16.3. The normalized spacial score (nSPS) is 22.9. The molecule has 86 valence electrons. The molecule has 0 bridgehead atoms. The molecule has 0 aromatic rings. The fraction of sp³-hybridized carbons (Fsp3) is 0.833. The molecule has 1 saturated heterocycles. The van der Waals surface area contributed by atoms with E-state index in [0.29, 0.717) is 6.42 Å². The summed E-state index contributed by atoms with van der Waals surface area (Å²) >= 11 is 0. The summed E-state index contributed by atoms with van der Waals surface area (Å²) in [6.07, 6.45) is 0.683.